The van der Waals surface area contributed by atoms with Gasteiger partial charge < -0.3 is 10.2 Å². The maximum Gasteiger partial charge on any atom is 0.244 e. The van der Waals surface area contributed by atoms with Gasteiger partial charge in [0.2, 0.25) is 17.6 Å². The summed E-state index contributed by atoms with van der Waals surface area (Å²) in [5.41, 5.74) is 1.99. The predicted octanol–water partition coefficient (Wildman–Crippen LogP) is 1.17. The van der Waals surface area contributed by atoms with Crippen LogP contribution in [0.3, 0.4) is 0 Å². The number of hydrogen-bond acceptors (Lipinski definition) is 5. The lowest BCUT2D eigenvalue weighted by atomic mass is 10.1. The Morgan fingerprint density at radius 1 is 1.15 bits per heavy atom. The Kier molecular flexibility index (Phi) is 5.60. The molecule has 2 aromatic rings. The molecule has 26 heavy (non-hydrogen) atoms. The first kappa shape index (κ1) is 18.0. The SMILES string of the molecule is Cc1ccc(-c2nnn(CC(=O)NC(C)C(=O)N3CCCCC3)n2)cc1. The Morgan fingerprint density at radius 3 is 2.54 bits per heavy atom. The number of nitrogens with one attached hydrogen (secondary N) is 1. The zero-order valence-electron chi connectivity index (χ0n) is 15.2. The van der Waals surface area contributed by atoms with Gasteiger partial charge in [-0.15, -0.1) is 10.2 Å². The Morgan fingerprint density at radius 2 is 1.85 bits per heavy atom. The maximum absolute atomic E-state index is 12.4. The van der Waals surface area contributed by atoms with Crippen LogP contribution < -0.4 is 5.32 Å². The van der Waals surface area contributed by atoms with Crippen LogP contribution in [0.15, 0.2) is 24.3 Å². The Bertz CT molecular complexity index is 764. The number of hydrogen-bond donors (Lipinski definition) is 1. The molecule has 2 amide bonds. The van der Waals surface area contributed by atoms with E-state index < -0.39 is 6.04 Å². The van der Waals surface area contributed by atoms with Gasteiger partial charge in [-0.1, -0.05) is 29.8 Å². The fourth-order valence-electron chi connectivity index (χ4n) is 2.99. The molecule has 1 saturated heterocycles. The number of piperidine rings is 1. The van der Waals surface area contributed by atoms with E-state index in [-0.39, 0.29) is 18.4 Å². The van der Waals surface area contributed by atoms with Crippen LogP contribution in [0.5, 0.6) is 0 Å². The zero-order chi connectivity index (χ0) is 18.5. The molecule has 1 aromatic heterocycles. The third kappa shape index (κ3) is 4.44. The van der Waals surface area contributed by atoms with Gasteiger partial charge in [-0.25, -0.2) is 0 Å². The normalized spacial score (nSPS) is 15.5. The number of likely N-dealkylation sites (tertiary alicyclic amines) is 1. The van der Waals surface area contributed by atoms with E-state index in [1.54, 1.807) is 6.92 Å². The molecule has 0 spiro atoms. The second kappa shape index (κ2) is 8.07. The summed E-state index contributed by atoms with van der Waals surface area (Å²) in [5.74, 6) is 0.121. The molecule has 0 radical (unpaired) electrons. The van der Waals surface area contributed by atoms with Gasteiger partial charge in [-0.05, 0) is 38.3 Å². The standard InChI is InChI=1S/C18H24N6O2/c1-13-6-8-15(9-7-13)17-20-22-24(21-17)12-16(25)19-14(2)18(26)23-10-4-3-5-11-23/h6-9,14H,3-5,10-12H2,1-2H3,(H,19,25). The Hall–Kier alpha value is -2.77. The van der Waals surface area contributed by atoms with Gasteiger partial charge in [0.25, 0.3) is 0 Å². The third-order valence-electron chi connectivity index (χ3n) is 4.46. The van der Waals surface area contributed by atoms with Crippen LogP contribution in [0.4, 0.5) is 0 Å². The van der Waals surface area contributed by atoms with Gasteiger partial charge in [-0.3, -0.25) is 9.59 Å². The van der Waals surface area contributed by atoms with Gasteiger partial charge in [0.15, 0.2) is 0 Å². The molecule has 1 fully saturated rings. The van der Waals surface area contributed by atoms with E-state index in [4.69, 9.17) is 0 Å². The lowest BCUT2D eigenvalue weighted by Gasteiger charge is -2.29. The molecule has 8 heteroatoms. The molecule has 0 bridgehead atoms. The van der Waals surface area contributed by atoms with Gasteiger partial charge in [0.1, 0.15) is 12.6 Å². The number of benzene rings is 1. The minimum Gasteiger partial charge on any atom is -0.343 e. The van der Waals surface area contributed by atoms with E-state index in [2.05, 4.69) is 20.7 Å². The first-order valence-corrected chi connectivity index (χ1v) is 8.96. The topological polar surface area (TPSA) is 93.0 Å². The van der Waals surface area contributed by atoms with E-state index in [1.807, 2.05) is 36.1 Å². The van der Waals surface area contributed by atoms with Crippen LogP contribution in [0.25, 0.3) is 11.4 Å². The Balaban J connectivity index is 1.54. The van der Waals surface area contributed by atoms with Crippen molar-refractivity contribution in [2.45, 2.75) is 45.7 Å². The number of nitrogens with zero attached hydrogens (tertiary/aromatic N) is 5. The van der Waals surface area contributed by atoms with Crippen molar-refractivity contribution in [2.75, 3.05) is 13.1 Å². The number of aryl methyl sites for hydroxylation is 1. The van der Waals surface area contributed by atoms with E-state index in [0.29, 0.717) is 5.82 Å². The number of aromatic nitrogens is 4. The van der Waals surface area contributed by atoms with Gasteiger partial charge in [0, 0.05) is 18.7 Å². The maximum atomic E-state index is 12.4. The van der Waals surface area contributed by atoms with Crippen LogP contribution in [0, 0.1) is 6.92 Å². The van der Waals surface area contributed by atoms with E-state index >= 15 is 0 Å². The first-order valence-electron chi connectivity index (χ1n) is 8.96. The molecule has 1 aromatic carbocycles. The average Bonchev–Trinajstić information content (AvgIpc) is 3.10. The van der Waals surface area contributed by atoms with E-state index in [0.717, 1.165) is 43.5 Å². The molecule has 0 saturated carbocycles. The van der Waals surface area contributed by atoms with Crippen molar-refractivity contribution in [3.8, 4) is 11.4 Å². The van der Waals surface area contributed by atoms with Gasteiger partial charge in [-0.2, -0.15) is 4.80 Å². The zero-order valence-corrected chi connectivity index (χ0v) is 15.2. The number of rotatable bonds is 5. The van der Waals surface area contributed by atoms with Crippen molar-refractivity contribution in [2.24, 2.45) is 0 Å². The summed E-state index contributed by atoms with van der Waals surface area (Å²) >= 11 is 0. The molecule has 138 valence electrons. The number of tetrazole rings is 1. The van der Waals surface area contributed by atoms with E-state index in [9.17, 15) is 9.59 Å². The van der Waals surface area contributed by atoms with Crippen molar-refractivity contribution in [3.63, 3.8) is 0 Å². The largest absolute Gasteiger partial charge is 0.343 e. The van der Waals surface area contributed by atoms with Crippen molar-refractivity contribution < 1.29 is 9.59 Å². The van der Waals surface area contributed by atoms with Crippen LogP contribution in [-0.2, 0) is 16.1 Å². The summed E-state index contributed by atoms with van der Waals surface area (Å²) in [6.45, 7) is 5.18. The van der Waals surface area contributed by atoms with Crippen LogP contribution in [0.2, 0.25) is 0 Å². The van der Waals surface area contributed by atoms with Crippen molar-refractivity contribution in [1.29, 1.82) is 0 Å². The first-order chi connectivity index (χ1) is 12.5. The van der Waals surface area contributed by atoms with Gasteiger partial charge >= 0.3 is 0 Å². The fraction of sp³-hybridized carbons (Fsp3) is 0.500. The quantitative estimate of drug-likeness (QED) is 0.868. The minimum absolute atomic E-state index is 0.0371. The smallest absolute Gasteiger partial charge is 0.244 e. The van der Waals surface area contributed by atoms with Crippen molar-refractivity contribution >= 4 is 11.8 Å². The summed E-state index contributed by atoms with van der Waals surface area (Å²) < 4.78 is 0. The van der Waals surface area contributed by atoms with Crippen LogP contribution in [0.1, 0.15) is 31.7 Å². The molecule has 2 heterocycles. The molecule has 0 aliphatic carbocycles. The molecule has 1 aliphatic rings. The fourth-order valence-corrected chi connectivity index (χ4v) is 2.99. The molecule has 8 nitrogen and oxygen atoms in total. The summed E-state index contributed by atoms with van der Waals surface area (Å²) in [4.78, 5) is 27.6. The molecule has 1 aliphatic heterocycles. The van der Waals surface area contributed by atoms with Crippen LogP contribution >= 0.6 is 0 Å². The summed E-state index contributed by atoms with van der Waals surface area (Å²) in [5, 5.41) is 14.9. The van der Waals surface area contributed by atoms with Gasteiger partial charge in [0.05, 0.1) is 0 Å². The third-order valence-corrected chi connectivity index (χ3v) is 4.46. The second-order valence-electron chi connectivity index (χ2n) is 6.68. The number of carbonyl (C=O) groups excluding carboxylic acids is 2. The summed E-state index contributed by atoms with van der Waals surface area (Å²) in [6.07, 6.45) is 3.21. The number of amides is 2. The predicted molar refractivity (Wildman–Crippen MR) is 96.0 cm³/mol. The molecule has 1 N–H and O–H groups in total. The van der Waals surface area contributed by atoms with Crippen molar-refractivity contribution in [3.05, 3.63) is 29.8 Å². The molecular formula is C18H24N6O2. The average molecular weight is 356 g/mol. The monoisotopic (exact) mass is 356 g/mol. The highest BCUT2D eigenvalue weighted by atomic mass is 16.2. The number of carbonyl (C=O) groups is 2. The lowest BCUT2D eigenvalue weighted by Crippen LogP contribution is -2.49. The summed E-state index contributed by atoms with van der Waals surface area (Å²) in [6, 6.07) is 7.21. The molecule has 1 unspecified atom stereocenters. The van der Waals surface area contributed by atoms with Crippen molar-refractivity contribution in [1.82, 2.24) is 30.4 Å². The molecular weight excluding hydrogens is 332 g/mol. The highest BCUT2D eigenvalue weighted by Gasteiger charge is 2.23. The van der Waals surface area contributed by atoms with E-state index in [1.165, 1.54) is 4.80 Å². The Labute approximate surface area is 152 Å². The lowest BCUT2D eigenvalue weighted by molar-refractivity contribution is -0.136. The minimum atomic E-state index is -0.555. The molecule has 1 atom stereocenters. The summed E-state index contributed by atoms with van der Waals surface area (Å²) in [7, 11) is 0. The highest BCUT2D eigenvalue weighted by Crippen LogP contribution is 2.14. The highest BCUT2D eigenvalue weighted by molar-refractivity contribution is 5.87. The molecule has 3 rings (SSSR count). The second-order valence-corrected chi connectivity index (χ2v) is 6.68. The van der Waals surface area contributed by atoms with Crippen LogP contribution in [-0.4, -0.2) is 56.1 Å².